The molecule has 0 aromatic heterocycles. The summed E-state index contributed by atoms with van der Waals surface area (Å²) in [6.45, 7) is 0. The lowest BCUT2D eigenvalue weighted by Gasteiger charge is -2.29. The number of hydrogen-bond acceptors (Lipinski definition) is 4. The van der Waals surface area contributed by atoms with Gasteiger partial charge in [0.2, 0.25) is 0 Å². The Labute approximate surface area is 362 Å². The highest BCUT2D eigenvalue weighted by molar-refractivity contribution is 6.16. The summed E-state index contributed by atoms with van der Waals surface area (Å²) in [7, 11) is 0. The van der Waals surface area contributed by atoms with Gasteiger partial charge in [-0.25, -0.2) is 9.98 Å². The fourth-order valence-electron chi connectivity index (χ4n) is 8.81. The highest BCUT2D eigenvalue weighted by Gasteiger charge is 2.25. The van der Waals surface area contributed by atoms with E-state index in [0.717, 1.165) is 50.7 Å². The van der Waals surface area contributed by atoms with E-state index in [4.69, 9.17) is 9.98 Å². The summed E-state index contributed by atoms with van der Waals surface area (Å²) in [4.78, 5) is 10.5. The maximum atomic E-state index is 5.24. The van der Waals surface area contributed by atoms with Gasteiger partial charge in [0.25, 0.3) is 0 Å². The highest BCUT2D eigenvalue weighted by Crippen LogP contribution is 2.44. The lowest BCUT2D eigenvalue weighted by molar-refractivity contribution is 0.756. The van der Waals surface area contributed by atoms with Crippen molar-refractivity contribution in [3.05, 3.63) is 264 Å². The van der Waals surface area contributed by atoms with Crippen LogP contribution in [0.4, 0.5) is 5.69 Å². The second kappa shape index (κ2) is 16.2. The number of benzene rings is 9. The molecule has 2 aliphatic heterocycles. The number of rotatable bonds is 8. The number of aliphatic imine (C=N–C) groups is 2. The van der Waals surface area contributed by atoms with Crippen molar-refractivity contribution in [3.8, 4) is 33.4 Å². The Balaban J connectivity index is 0.952. The smallest absolute Gasteiger partial charge is 0.169 e. The van der Waals surface area contributed by atoms with Crippen LogP contribution in [0.15, 0.2) is 241 Å². The zero-order valence-electron chi connectivity index (χ0n) is 34.0. The van der Waals surface area contributed by atoms with Gasteiger partial charge in [0.15, 0.2) is 6.17 Å². The maximum Gasteiger partial charge on any atom is 0.169 e. The average molecular weight is 795 g/mol. The normalized spacial score (nSPS) is 14.8. The van der Waals surface area contributed by atoms with Gasteiger partial charge in [0.05, 0.1) is 6.04 Å². The van der Waals surface area contributed by atoms with Gasteiger partial charge in [-0.05, 0) is 78.6 Å². The van der Waals surface area contributed by atoms with E-state index in [0.29, 0.717) is 0 Å². The molecule has 1 atom stereocenters. The Morgan fingerprint density at radius 2 is 0.823 bits per heavy atom. The molecule has 4 heteroatoms. The first kappa shape index (κ1) is 37.0. The first-order chi connectivity index (χ1) is 30.7. The molecular formula is C58H42N4. The molecule has 11 rings (SSSR count). The Hall–Kier alpha value is -8.08. The Bertz CT molecular complexity index is 3020. The molecule has 294 valence electrons. The van der Waals surface area contributed by atoms with Crippen LogP contribution in [0.3, 0.4) is 0 Å². The van der Waals surface area contributed by atoms with Gasteiger partial charge in [-0.2, -0.15) is 0 Å². The number of anilines is 1. The molecule has 2 aliphatic rings. The lowest BCUT2D eigenvalue weighted by atomic mass is 9.85. The molecule has 0 aliphatic carbocycles. The van der Waals surface area contributed by atoms with Crippen LogP contribution < -0.4 is 10.6 Å². The second-order valence-electron chi connectivity index (χ2n) is 15.8. The van der Waals surface area contributed by atoms with Crippen LogP contribution in [0.5, 0.6) is 0 Å². The number of fused-ring (bicyclic) bond motifs is 3. The third kappa shape index (κ3) is 7.18. The van der Waals surface area contributed by atoms with Crippen molar-refractivity contribution in [3.63, 3.8) is 0 Å². The molecule has 4 nitrogen and oxygen atoms in total. The van der Waals surface area contributed by atoms with Gasteiger partial charge in [-0.15, -0.1) is 0 Å². The van der Waals surface area contributed by atoms with E-state index in [1.165, 1.54) is 49.7 Å². The Kier molecular flexibility index (Phi) is 9.64. The number of nitrogens with one attached hydrogen (secondary N) is 2. The minimum Gasteiger partial charge on any atom is -0.374 e. The predicted molar refractivity (Wildman–Crippen MR) is 258 cm³/mol. The topological polar surface area (TPSA) is 48.8 Å². The average Bonchev–Trinajstić information content (AvgIpc) is 3.37. The van der Waals surface area contributed by atoms with Gasteiger partial charge >= 0.3 is 0 Å². The highest BCUT2D eigenvalue weighted by atomic mass is 15.2. The Morgan fingerprint density at radius 3 is 1.39 bits per heavy atom. The quantitative estimate of drug-likeness (QED) is 0.161. The van der Waals surface area contributed by atoms with Crippen molar-refractivity contribution < 1.29 is 0 Å². The molecule has 0 amide bonds. The molecule has 0 saturated carbocycles. The molecule has 0 bridgehead atoms. The molecular weight excluding hydrogens is 753 g/mol. The summed E-state index contributed by atoms with van der Waals surface area (Å²) >= 11 is 0. The summed E-state index contributed by atoms with van der Waals surface area (Å²) in [6, 6.07) is 79.7. The van der Waals surface area contributed by atoms with E-state index in [1.807, 2.05) is 12.1 Å². The molecule has 2 N–H and O–H groups in total. The second-order valence-corrected chi connectivity index (χ2v) is 15.8. The van der Waals surface area contributed by atoms with Crippen LogP contribution in [-0.4, -0.2) is 11.7 Å². The minimum atomic E-state index is -0.431. The van der Waals surface area contributed by atoms with Gasteiger partial charge in [-0.3, -0.25) is 0 Å². The van der Waals surface area contributed by atoms with Crippen LogP contribution in [-0.2, 0) is 0 Å². The number of hydrogen-bond donors (Lipinski definition) is 2. The first-order valence-corrected chi connectivity index (χ1v) is 21.2. The summed E-state index contributed by atoms with van der Waals surface area (Å²) in [5.74, 6) is 1.58. The van der Waals surface area contributed by atoms with Gasteiger partial charge < -0.3 is 10.6 Å². The van der Waals surface area contributed by atoms with E-state index in [9.17, 15) is 0 Å². The van der Waals surface area contributed by atoms with Crippen molar-refractivity contribution >= 4 is 33.7 Å². The van der Waals surface area contributed by atoms with Crippen molar-refractivity contribution in [2.24, 2.45) is 9.98 Å². The number of nitrogens with zero attached hydrogens (tertiary/aromatic N) is 2. The SMILES string of the molecule is C1=C(c2ccccc2)c2c(ccc3c(-c4ccc(C5N=C(c6ccc(-c7ccccc7)cc6)NC(c6ccc(-c7ccccc7)cc6)=N5)cc4)cccc23)NC1c1ccccc1. The van der Waals surface area contributed by atoms with E-state index in [2.05, 4.69) is 229 Å². The molecule has 1 unspecified atom stereocenters. The fourth-order valence-corrected chi connectivity index (χ4v) is 8.81. The van der Waals surface area contributed by atoms with Crippen LogP contribution in [0.2, 0.25) is 0 Å². The van der Waals surface area contributed by atoms with Crippen molar-refractivity contribution in [2.45, 2.75) is 12.2 Å². The first-order valence-electron chi connectivity index (χ1n) is 21.2. The van der Waals surface area contributed by atoms with E-state index in [-0.39, 0.29) is 6.04 Å². The van der Waals surface area contributed by atoms with Crippen molar-refractivity contribution in [1.82, 2.24) is 5.32 Å². The van der Waals surface area contributed by atoms with Crippen LogP contribution in [0, 0.1) is 0 Å². The molecule has 9 aromatic carbocycles. The maximum absolute atomic E-state index is 5.24. The monoisotopic (exact) mass is 794 g/mol. The Morgan fingerprint density at radius 1 is 0.339 bits per heavy atom. The molecule has 2 heterocycles. The van der Waals surface area contributed by atoms with Crippen LogP contribution in [0.1, 0.15) is 45.6 Å². The lowest BCUT2D eigenvalue weighted by Crippen LogP contribution is -2.36. The fraction of sp³-hybridized carbons (Fsp3) is 0.0345. The number of amidine groups is 2. The van der Waals surface area contributed by atoms with Crippen LogP contribution >= 0.6 is 0 Å². The largest absolute Gasteiger partial charge is 0.374 e. The zero-order chi connectivity index (χ0) is 41.2. The van der Waals surface area contributed by atoms with E-state index in [1.54, 1.807) is 0 Å². The zero-order valence-corrected chi connectivity index (χ0v) is 34.0. The van der Waals surface area contributed by atoms with Gasteiger partial charge in [0.1, 0.15) is 11.7 Å². The van der Waals surface area contributed by atoms with Gasteiger partial charge in [0, 0.05) is 22.4 Å². The third-order valence-electron chi connectivity index (χ3n) is 12.0. The summed E-state index contributed by atoms with van der Waals surface area (Å²) < 4.78 is 0. The van der Waals surface area contributed by atoms with E-state index >= 15 is 0 Å². The van der Waals surface area contributed by atoms with Crippen molar-refractivity contribution in [1.29, 1.82) is 0 Å². The molecule has 0 spiro atoms. The van der Waals surface area contributed by atoms with Crippen LogP contribution in [0.25, 0.3) is 49.7 Å². The molecule has 0 fully saturated rings. The summed E-state index contributed by atoms with van der Waals surface area (Å²) in [6.07, 6.45) is 1.95. The standard InChI is InChI=1S/C58H42N4/c1-5-14-39(15-6-1)41-24-30-46(31-25-41)56-60-57(47-32-26-42(27-33-47)40-16-7-2-8-17-40)62-58(61-56)48-34-28-44(29-35-48)49-22-13-23-51-50(49)36-37-53-55(51)52(43-18-9-3-10-19-43)38-54(59-53)45-20-11-4-12-21-45/h1-38,54,58-59H,(H,60,61,62). The van der Waals surface area contributed by atoms with Crippen molar-refractivity contribution in [2.75, 3.05) is 5.32 Å². The molecule has 62 heavy (non-hydrogen) atoms. The minimum absolute atomic E-state index is 0.0655. The summed E-state index contributed by atoms with van der Waals surface area (Å²) in [5.41, 5.74) is 16.1. The molecule has 0 saturated heterocycles. The van der Waals surface area contributed by atoms with Gasteiger partial charge in [-0.1, -0.05) is 218 Å². The third-order valence-corrected chi connectivity index (χ3v) is 12.0. The predicted octanol–water partition coefficient (Wildman–Crippen LogP) is 13.9. The molecule has 9 aromatic rings. The summed E-state index contributed by atoms with van der Waals surface area (Å²) in [5, 5.41) is 9.89. The molecule has 0 radical (unpaired) electrons. The van der Waals surface area contributed by atoms with E-state index < -0.39 is 6.17 Å².